The first-order valence-corrected chi connectivity index (χ1v) is 6.62. The van der Waals surface area contributed by atoms with Crippen molar-refractivity contribution < 1.29 is 18.7 Å². The highest BCUT2D eigenvalue weighted by Gasteiger charge is 2.28. The summed E-state index contributed by atoms with van der Waals surface area (Å²) < 4.78 is 16.4. The van der Waals surface area contributed by atoms with Crippen molar-refractivity contribution >= 4 is 11.6 Å². The van der Waals surface area contributed by atoms with Gasteiger partial charge < -0.3 is 19.2 Å². The summed E-state index contributed by atoms with van der Waals surface area (Å²) in [5, 5.41) is 2.91. The monoisotopic (exact) mass is 271 g/mol. The van der Waals surface area contributed by atoms with Crippen LogP contribution >= 0.6 is 0 Å². The van der Waals surface area contributed by atoms with Gasteiger partial charge in [-0.2, -0.15) is 0 Å². The van der Waals surface area contributed by atoms with Crippen LogP contribution in [0.2, 0.25) is 0 Å². The minimum atomic E-state index is -0.270. The molecule has 1 amide bonds. The zero-order valence-corrected chi connectivity index (χ0v) is 10.8. The van der Waals surface area contributed by atoms with Crippen LogP contribution in [0.15, 0.2) is 28.9 Å². The number of hydrogen-bond donors (Lipinski definition) is 1. The Kier molecular flexibility index (Phi) is 2.45. The average molecular weight is 271 g/mol. The fourth-order valence-corrected chi connectivity index (χ4v) is 2.70. The second kappa shape index (κ2) is 4.30. The molecule has 0 bridgehead atoms. The van der Waals surface area contributed by atoms with Gasteiger partial charge in [-0.25, -0.2) is 0 Å². The molecular formula is C15H13NO4. The molecule has 3 heterocycles. The molecular weight excluding hydrogens is 258 g/mol. The maximum atomic E-state index is 12.2. The fraction of sp³-hybridized carbons (Fsp3) is 0.267. The number of rotatable bonds is 2. The molecule has 0 radical (unpaired) electrons. The lowest BCUT2D eigenvalue weighted by atomic mass is 10.0. The van der Waals surface area contributed by atoms with E-state index in [9.17, 15) is 4.79 Å². The third-order valence-corrected chi connectivity index (χ3v) is 3.63. The molecule has 1 aromatic carbocycles. The van der Waals surface area contributed by atoms with Crippen LogP contribution in [0, 0.1) is 0 Å². The standard InChI is InChI=1S/C15H13NO4/c17-15(11-2-1-5-18-11)16-13-10-4-7-19-12(10)8-9-3-6-20-14(9)13/h1-2,5,8H,3-4,6-7H2,(H,16,17). The van der Waals surface area contributed by atoms with Gasteiger partial charge in [-0.3, -0.25) is 4.79 Å². The Morgan fingerprint density at radius 1 is 1.20 bits per heavy atom. The van der Waals surface area contributed by atoms with E-state index >= 15 is 0 Å². The summed E-state index contributed by atoms with van der Waals surface area (Å²) in [6, 6.07) is 5.34. The summed E-state index contributed by atoms with van der Waals surface area (Å²) in [5.41, 5.74) is 2.82. The molecule has 0 spiro atoms. The van der Waals surface area contributed by atoms with Crippen molar-refractivity contribution in [2.75, 3.05) is 18.5 Å². The second-order valence-corrected chi connectivity index (χ2v) is 4.84. The minimum absolute atomic E-state index is 0.270. The fourth-order valence-electron chi connectivity index (χ4n) is 2.70. The van der Waals surface area contributed by atoms with Gasteiger partial charge in [-0.1, -0.05) is 0 Å². The Balaban J connectivity index is 1.76. The highest BCUT2D eigenvalue weighted by molar-refractivity contribution is 6.04. The molecule has 2 aromatic rings. The summed E-state index contributed by atoms with van der Waals surface area (Å²) >= 11 is 0. The Bertz CT molecular complexity index is 643. The van der Waals surface area contributed by atoms with E-state index in [2.05, 4.69) is 5.32 Å². The zero-order chi connectivity index (χ0) is 13.5. The lowest BCUT2D eigenvalue weighted by molar-refractivity contribution is 0.0996. The normalized spacial score (nSPS) is 15.2. The van der Waals surface area contributed by atoms with Gasteiger partial charge in [-0.05, 0) is 18.2 Å². The molecule has 0 unspecified atom stereocenters. The van der Waals surface area contributed by atoms with E-state index in [-0.39, 0.29) is 11.7 Å². The number of ether oxygens (including phenoxy) is 2. The molecule has 0 saturated heterocycles. The maximum Gasteiger partial charge on any atom is 0.291 e. The van der Waals surface area contributed by atoms with Gasteiger partial charge in [0.05, 0.1) is 25.2 Å². The van der Waals surface area contributed by atoms with Crippen LogP contribution < -0.4 is 14.8 Å². The Hall–Kier alpha value is -2.43. The Labute approximate surface area is 115 Å². The van der Waals surface area contributed by atoms with Crippen molar-refractivity contribution in [1.29, 1.82) is 0 Å². The van der Waals surface area contributed by atoms with Crippen molar-refractivity contribution in [3.8, 4) is 11.5 Å². The van der Waals surface area contributed by atoms with Crippen molar-refractivity contribution in [2.45, 2.75) is 12.8 Å². The van der Waals surface area contributed by atoms with E-state index in [1.165, 1.54) is 6.26 Å². The first kappa shape index (κ1) is 11.4. The molecule has 5 heteroatoms. The smallest absolute Gasteiger partial charge is 0.291 e. The summed E-state index contributed by atoms with van der Waals surface area (Å²) in [6.07, 6.45) is 3.10. The predicted molar refractivity (Wildman–Crippen MR) is 71.5 cm³/mol. The van der Waals surface area contributed by atoms with Crippen LogP contribution in [-0.2, 0) is 12.8 Å². The molecule has 0 aliphatic carbocycles. The minimum Gasteiger partial charge on any atom is -0.493 e. The predicted octanol–water partition coefficient (Wildman–Crippen LogP) is 2.40. The van der Waals surface area contributed by atoms with Gasteiger partial charge in [0, 0.05) is 24.0 Å². The molecule has 1 N–H and O–H groups in total. The average Bonchev–Trinajstić information content (AvgIpc) is 3.19. The van der Waals surface area contributed by atoms with Crippen LogP contribution in [0.25, 0.3) is 0 Å². The number of amides is 1. The molecule has 102 valence electrons. The van der Waals surface area contributed by atoms with Crippen LogP contribution in [0.1, 0.15) is 21.7 Å². The summed E-state index contributed by atoms with van der Waals surface area (Å²) in [6.45, 7) is 1.28. The van der Waals surface area contributed by atoms with E-state index in [1.54, 1.807) is 12.1 Å². The molecule has 1 aromatic heterocycles. The van der Waals surface area contributed by atoms with E-state index in [0.29, 0.717) is 13.2 Å². The molecule has 0 saturated carbocycles. The molecule has 2 aliphatic heterocycles. The van der Waals surface area contributed by atoms with Crippen molar-refractivity contribution in [3.63, 3.8) is 0 Å². The third kappa shape index (κ3) is 1.66. The molecule has 0 fully saturated rings. The van der Waals surface area contributed by atoms with Crippen LogP contribution in [0.4, 0.5) is 5.69 Å². The highest BCUT2D eigenvalue weighted by Crippen LogP contribution is 2.44. The van der Waals surface area contributed by atoms with Crippen LogP contribution in [-0.4, -0.2) is 19.1 Å². The van der Waals surface area contributed by atoms with Crippen molar-refractivity contribution in [3.05, 3.63) is 41.3 Å². The molecule has 20 heavy (non-hydrogen) atoms. The Morgan fingerprint density at radius 2 is 2.10 bits per heavy atom. The molecule has 5 nitrogen and oxygen atoms in total. The van der Waals surface area contributed by atoms with Gasteiger partial charge in [0.15, 0.2) is 5.76 Å². The van der Waals surface area contributed by atoms with Crippen LogP contribution in [0.5, 0.6) is 11.5 Å². The van der Waals surface area contributed by atoms with Gasteiger partial charge in [0.25, 0.3) is 5.91 Å². The van der Waals surface area contributed by atoms with E-state index in [0.717, 1.165) is 41.2 Å². The Morgan fingerprint density at radius 3 is 2.95 bits per heavy atom. The first-order valence-electron chi connectivity index (χ1n) is 6.62. The zero-order valence-electron chi connectivity index (χ0n) is 10.8. The number of carbonyl (C=O) groups excluding carboxylic acids is 1. The number of hydrogen-bond acceptors (Lipinski definition) is 4. The largest absolute Gasteiger partial charge is 0.493 e. The quantitative estimate of drug-likeness (QED) is 0.911. The summed E-state index contributed by atoms with van der Waals surface area (Å²) in [5.74, 6) is 1.64. The lowest BCUT2D eigenvalue weighted by Crippen LogP contribution is -2.13. The van der Waals surface area contributed by atoms with Gasteiger partial charge in [-0.15, -0.1) is 0 Å². The number of nitrogens with one attached hydrogen (secondary N) is 1. The van der Waals surface area contributed by atoms with Gasteiger partial charge in [0.1, 0.15) is 11.5 Å². The molecule has 0 atom stereocenters. The van der Waals surface area contributed by atoms with Crippen molar-refractivity contribution in [1.82, 2.24) is 0 Å². The first-order chi connectivity index (χ1) is 9.83. The third-order valence-electron chi connectivity index (χ3n) is 3.63. The van der Waals surface area contributed by atoms with Gasteiger partial charge >= 0.3 is 0 Å². The number of carbonyl (C=O) groups is 1. The van der Waals surface area contributed by atoms with E-state index < -0.39 is 0 Å². The summed E-state index contributed by atoms with van der Waals surface area (Å²) in [4.78, 5) is 12.2. The van der Waals surface area contributed by atoms with Gasteiger partial charge in [0.2, 0.25) is 0 Å². The molecule has 2 aliphatic rings. The lowest BCUT2D eigenvalue weighted by Gasteiger charge is -2.13. The maximum absolute atomic E-state index is 12.2. The van der Waals surface area contributed by atoms with E-state index in [4.69, 9.17) is 13.9 Å². The molecule has 4 rings (SSSR count). The number of benzene rings is 1. The number of fused-ring (bicyclic) bond motifs is 2. The van der Waals surface area contributed by atoms with Crippen LogP contribution in [0.3, 0.4) is 0 Å². The second-order valence-electron chi connectivity index (χ2n) is 4.84. The SMILES string of the molecule is O=C(Nc1c2c(cc3c1OCC3)OCC2)c1ccco1. The number of anilines is 1. The highest BCUT2D eigenvalue weighted by atomic mass is 16.5. The number of furan rings is 1. The van der Waals surface area contributed by atoms with E-state index in [1.807, 2.05) is 6.07 Å². The summed E-state index contributed by atoms with van der Waals surface area (Å²) in [7, 11) is 0. The van der Waals surface area contributed by atoms with Crippen molar-refractivity contribution in [2.24, 2.45) is 0 Å². The topological polar surface area (TPSA) is 60.7 Å².